The van der Waals surface area contributed by atoms with Gasteiger partial charge < -0.3 is 20.4 Å². The second-order valence-corrected chi connectivity index (χ2v) is 5.45. The summed E-state index contributed by atoms with van der Waals surface area (Å²) in [5, 5.41) is 6.04. The summed E-state index contributed by atoms with van der Waals surface area (Å²) in [6, 6.07) is 0. The Hall–Kier alpha value is 0.0300. The number of rotatable bonds is 10. The molecule has 4 N–H and O–H groups in total. The smallest absolute Gasteiger partial charge is 0.324 e. The minimum Gasteiger partial charge on any atom is -0.324 e. The van der Waals surface area contributed by atoms with E-state index in [1.165, 1.54) is 0 Å². The topological polar surface area (TPSA) is 84.8 Å². The summed E-state index contributed by atoms with van der Waals surface area (Å²) < 4.78 is 10.9. The summed E-state index contributed by atoms with van der Waals surface area (Å²) in [5.74, 6) is 0. The lowest BCUT2D eigenvalue weighted by molar-refractivity contribution is 0.269. The highest BCUT2D eigenvalue weighted by molar-refractivity contribution is 7.51. The lowest BCUT2D eigenvalue weighted by Crippen LogP contribution is -2.30. The van der Waals surface area contributed by atoms with Crippen molar-refractivity contribution in [2.24, 2.45) is 0 Å². The maximum absolute atomic E-state index is 10.9. The SMILES string of the molecule is CNCCCN(CCCNC)CP(=O)(O)O. The molecule has 98 valence electrons. The minimum atomic E-state index is -3.93. The third kappa shape index (κ3) is 10.5. The van der Waals surface area contributed by atoms with E-state index in [0.717, 1.165) is 39.0 Å². The zero-order valence-corrected chi connectivity index (χ0v) is 11.0. The Morgan fingerprint density at radius 2 is 1.50 bits per heavy atom. The highest BCUT2D eigenvalue weighted by Crippen LogP contribution is 2.35. The van der Waals surface area contributed by atoms with Gasteiger partial charge in [-0.1, -0.05) is 0 Å². The molecule has 0 radical (unpaired) electrons. The van der Waals surface area contributed by atoms with Gasteiger partial charge in [0, 0.05) is 0 Å². The van der Waals surface area contributed by atoms with Gasteiger partial charge in [-0.25, -0.2) is 0 Å². The van der Waals surface area contributed by atoms with Crippen LogP contribution in [-0.4, -0.2) is 61.2 Å². The Bertz CT molecular complexity index is 200. The van der Waals surface area contributed by atoms with Crippen molar-refractivity contribution in [3.05, 3.63) is 0 Å². The quantitative estimate of drug-likeness (QED) is 0.314. The first kappa shape index (κ1) is 16.0. The van der Waals surface area contributed by atoms with E-state index < -0.39 is 7.60 Å². The lowest BCUT2D eigenvalue weighted by Gasteiger charge is -2.22. The summed E-state index contributed by atoms with van der Waals surface area (Å²) in [7, 11) is -0.195. The fourth-order valence-electron chi connectivity index (χ4n) is 1.47. The summed E-state index contributed by atoms with van der Waals surface area (Å²) >= 11 is 0. The van der Waals surface area contributed by atoms with Gasteiger partial charge in [-0.05, 0) is 53.1 Å². The largest absolute Gasteiger partial charge is 0.339 e. The molecule has 0 spiro atoms. The molecule has 0 bridgehead atoms. The molecule has 0 aromatic rings. The predicted molar refractivity (Wildman–Crippen MR) is 65.6 cm³/mol. The zero-order valence-electron chi connectivity index (χ0n) is 10.1. The molecule has 0 aliphatic heterocycles. The second kappa shape index (κ2) is 9.10. The standard InChI is InChI=1S/C9H24N3O3P/c1-10-5-3-7-12(8-4-6-11-2)9-16(13,14)15/h10-11H,3-9H2,1-2H3,(H2,13,14,15). The molecule has 0 aromatic heterocycles. The molecule has 16 heavy (non-hydrogen) atoms. The normalized spacial score (nSPS) is 12.3. The number of nitrogens with zero attached hydrogens (tertiary/aromatic N) is 1. The van der Waals surface area contributed by atoms with Crippen molar-refractivity contribution >= 4 is 7.60 Å². The average molecular weight is 253 g/mol. The van der Waals surface area contributed by atoms with Crippen molar-refractivity contribution in [3.63, 3.8) is 0 Å². The van der Waals surface area contributed by atoms with Crippen molar-refractivity contribution in [2.45, 2.75) is 12.8 Å². The Kier molecular flexibility index (Phi) is 9.12. The third-order valence-corrected chi connectivity index (χ3v) is 2.95. The van der Waals surface area contributed by atoms with Crippen LogP contribution in [0.5, 0.6) is 0 Å². The molecule has 0 fully saturated rings. The van der Waals surface area contributed by atoms with Crippen LogP contribution < -0.4 is 10.6 Å². The Balaban J connectivity index is 3.90. The van der Waals surface area contributed by atoms with E-state index >= 15 is 0 Å². The zero-order chi connectivity index (χ0) is 12.4. The second-order valence-electron chi connectivity index (χ2n) is 3.84. The van der Waals surface area contributed by atoms with Crippen LogP contribution in [0.2, 0.25) is 0 Å². The van der Waals surface area contributed by atoms with Crippen LogP contribution in [0.25, 0.3) is 0 Å². The Morgan fingerprint density at radius 1 is 1.06 bits per heavy atom. The summed E-state index contributed by atoms with van der Waals surface area (Å²) in [6.07, 6.45) is 1.66. The summed E-state index contributed by atoms with van der Waals surface area (Å²) in [4.78, 5) is 19.7. The van der Waals surface area contributed by atoms with Crippen LogP contribution in [0.3, 0.4) is 0 Å². The number of nitrogens with one attached hydrogen (secondary N) is 2. The summed E-state index contributed by atoms with van der Waals surface area (Å²) in [6.45, 7) is 3.17. The van der Waals surface area contributed by atoms with Crippen molar-refractivity contribution in [3.8, 4) is 0 Å². The fraction of sp³-hybridized carbons (Fsp3) is 1.00. The molecule has 0 unspecified atom stereocenters. The van der Waals surface area contributed by atoms with Gasteiger partial charge in [0.15, 0.2) is 0 Å². The molecule has 0 atom stereocenters. The molecule has 6 nitrogen and oxygen atoms in total. The van der Waals surface area contributed by atoms with E-state index in [1.807, 2.05) is 19.0 Å². The van der Waals surface area contributed by atoms with E-state index in [1.54, 1.807) is 0 Å². The highest BCUT2D eigenvalue weighted by Gasteiger charge is 2.18. The van der Waals surface area contributed by atoms with E-state index in [2.05, 4.69) is 10.6 Å². The third-order valence-electron chi connectivity index (χ3n) is 2.19. The molecule has 7 heteroatoms. The predicted octanol–water partition coefficient (Wildman–Crippen LogP) is -0.357. The number of hydrogen-bond donors (Lipinski definition) is 4. The van der Waals surface area contributed by atoms with Crippen LogP contribution in [0.4, 0.5) is 0 Å². The number of hydrogen-bond acceptors (Lipinski definition) is 4. The van der Waals surface area contributed by atoms with Gasteiger partial charge in [-0.15, -0.1) is 0 Å². The monoisotopic (exact) mass is 253 g/mol. The van der Waals surface area contributed by atoms with Gasteiger partial charge in [-0.3, -0.25) is 9.46 Å². The van der Waals surface area contributed by atoms with Crippen molar-refractivity contribution in [1.29, 1.82) is 0 Å². The van der Waals surface area contributed by atoms with Gasteiger partial charge in [0.1, 0.15) is 6.29 Å². The minimum absolute atomic E-state index is 0.138. The molecule has 0 heterocycles. The van der Waals surface area contributed by atoms with Crippen LogP contribution in [-0.2, 0) is 4.57 Å². The van der Waals surface area contributed by atoms with E-state index in [-0.39, 0.29) is 6.29 Å². The Morgan fingerprint density at radius 3 is 1.81 bits per heavy atom. The molecule has 0 aliphatic carbocycles. The molecule has 0 amide bonds. The molecular formula is C9H24N3O3P. The van der Waals surface area contributed by atoms with Crippen LogP contribution >= 0.6 is 7.60 Å². The van der Waals surface area contributed by atoms with Gasteiger partial charge in [0.25, 0.3) is 0 Å². The van der Waals surface area contributed by atoms with Crippen LogP contribution in [0.15, 0.2) is 0 Å². The molecular weight excluding hydrogens is 229 g/mol. The summed E-state index contributed by atoms with van der Waals surface area (Å²) in [5.41, 5.74) is 0. The molecule has 0 saturated heterocycles. The Labute approximate surface area is 97.6 Å². The molecule has 0 saturated carbocycles. The van der Waals surface area contributed by atoms with Crippen molar-refractivity contribution in [2.75, 3.05) is 46.6 Å². The average Bonchev–Trinajstić information content (AvgIpc) is 2.16. The van der Waals surface area contributed by atoms with Gasteiger partial charge >= 0.3 is 7.60 Å². The van der Waals surface area contributed by atoms with E-state index in [0.29, 0.717) is 0 Å². The lowest BCUT2D eigenvalue weighted by atomic mass is 10.3. The maximum Gasteiger partial charge on any atom is 0.339 e. The van der Waals surface area contributed by atoms with Gasteiger partial charge in [0.2, 0.25) is 0 Å². The first-order chi connectivity index (χ1) is 7.49. The van der Waals surface area contributed by atoms with E-state index in [9.17, 15) is 4.57 Å². The molecule has 0 aliphatic rings. The van der Waals surface area contributed by atoms with Crippen LogP contribution in [0, 0.1) is 0 Å². The first-order valence-electron chi connectivity index (χ1n) is 5.55. The van der Waals surface area contributed by atoms with Crippen molar-refractivity contribution < 1.29 is 14.4 Å². The fourth-order valence-corrected chi connectivity index (χ4v) is 2.28. The highest BCUT2D eigenvalue weighted by atomic mass is 31.2. The maximum atomic E-state index is 10.9. The van der Waals surface area contributed by atoms with Gasteiger partial charge in [0.05, 0.1) is 0 Å². The van der Waals surface area contributed by atoms with Crippen LogP contribution in [0.1, 0.15) is 12.8 Å². The molecule has 0 aromatic carbocycles. The van der Waals surface area contributed by atoms with E-state index in [4.69, 9.17) is 9.79 Å². The first-order valence-corrected chi connectivity index (χ1v) is 7.35. The molecule has 0 rings (SSSR count). The van der Waals surface area contributed by atoms with Crippen molar-refractivity contribution in [1.82, 2.24) is 15.5 Å². The van der Waals surface area contributed by atoms with Gasteiger partial charge in [-0.2, -0.15) is 0 Å².